The zero-order valence-electron chi connectivity index (χ0n) is 19.1. The van der Waals surface area contributed by atoms with Crippen LogP contribution >= 0.6 is 0 Å². The Balaban J connectivity index is 1.76. The van der Waals surface area contributed by atoms with Crippen molar-refractivity contribution < 1.29 is 20.1 Å². The number of benzene rings is 4. The van der Waals surface area contributed by atoms with Crippen LogP contribution in [0.4, 0.5) is 17.1 Å². The van der Waals surface area contributed by atoms with Gasteiger partial charge in [-0.3, -0.25) is 0 Å². The molecule has 0 atom stereocenters. The summed E-state index contributed by atoms with van der Waals surface area (Å²) >= 11 is 0. The molecule has 168 valence electrons. The number of hydrogen-bond donors (Lipinski definition) is 3. The fraction of sp³-hybridized carbons (Fsp3) is 0.143. The van der Waals surface area contributed by atoms with Crippen molar-refractivity contribution in [2.24, 2.45) is 0 Å². The number of ether oxygens (including phenoxy) is 1. The first-order valence-corrected chi connectivity index (χ1v) is 10.7. The molecule has 5 nitrogen and oxygen atoms in total. The molecule has 0 saturated carbocycles. The average Bonchev–Trinajstić information content (AvgIpc) is 2.78. The molecule has 4 aromatic rings. The Labute approximate surface area is 193 Å². The van der Waals surface area contributed by atoms with Crippen LogP contribution in [0, 0.1) is 27.7 Å². The van der Waals surface area contributed by atoms with Gasteiger partial charge in [-0.1, -0.05) is 12.1 Å². The molecule has 0 fully saturated rings. The number of aromatic hydroxyl groups is 3. The summed E-state index contributed by atoms with van der Waals surface area (Å²) in [5.74, 6) is 1.74. The summed E-state index contributed by atoms with van der Waals surface area (Å²) in [6.45, 7) is 7.74. The third-order valence-corrected chi connectivity index (χ3v) is 5.68. The Hall–Kier alpha value is -4.12. The maximum Gasteiger partial charge on any atom is 0.134 e. The van der Waals surface area contributed by atoms with E-state index in [0.29, 0.717) is 11.5 Å². The molecule has 0 aliphatic rings. The van der Waals surface area contributed by atoms with Crippen molar-refractivity contribution in [3.8, 4) is 28.7 Å². The summed E-state index contributed by atoms with van der Waals surface area (Å²) in [5, 5.41) is 30.4. The number of nitrogens with zero attached hydrogens (tertiary/aromatic N) is 1. The van der Waals surface area contributed by atoms with E-state index < -0.39 is 0 Å². The lowest BCUT2D eigenvalue weighted by Crippen LogP contribution is -2.12. The highest BCUT2D eigenvalue weighted by atomic mass is 16.5. The highest BCUT2D eigenvalue weighted by Crippen LogP contribution is 2.41. The lowest BCUT2D eigenvalue weighted by atomic mass is 10.1. The minimum atomic E-state index is 0.160. The fourth-order valence-corrected chi connectivity index (χ4v) is 3.81. The molecule has 0 spiro atoms. The van der Waals surface area contributed by atoms with E-state index in [4.69, 9.17) is 4.74 Å². The number of phenolic OH excluding ortho intramolecular Hbond substituents is 3. The minimum absolute atomic E-state index is 0.160. The Kier molecular flexibility index (Phi) is 5.88. The molecule has 4 aromatic carbocycles. The molecule has 0 saturated heterocycles. The molecule has 4 rings (SSSR count). The molecule has 5 heteroatoms. The van der Waals surface area contributed by atoms with E-state index in [1.807, 2.05) is 75.1 Å². The second-order valence-corrected chi connectivity index (χ2v) is 8.28. The van der Waals surface area contributed by atoms with Gasteiger partial charge in [0.2, 0.25) is 0 Å². The number of hydrogen-bond acceptors (Lipinski definition) is 5. The van der Waals surface area contributed by atoms with Crippen LogP contribution in [-0.2, 0) is 0 Å². The molecule has 0 aliphatic carbocycles. The number of phenols is 3. The number of aryl methyl sites for hydroxylation is 4. The summed E-state index contributed by atoms with van der Waals surface area (Å²) in [7, 11) is 0. The minimum Gasteiger partial charge on any atom is -0.508 e. The van der Waals surface area contributed by atoms with Crippen molar-refractivity contribution in [1.82, 2.24) is 0 Å². The van der Waals surface area contributed by atoms with Gasteiger partial charge in [0.15, 0.2) is 0 Å². The van der Waals surface area contributed by atoms with Crippen LogP contribution in [0.5, 0.6) is 28.7 Å². The molecule has 0 aliphatic heterocycles. The van der Waals surface area contributed by atoms with Crippen LogP contribution in [0.15, 0.2) is 72.8 Å². The molecule has 33 heavy (non-hydrogen) atoms. The van der Waals surface area contributed by atoms with Crippen LogP contribution in [-0.4, -0.2) is 15.3 Å². The standard InChI is InChI=1S/C28H27NO4/c1-17-5-9-22(30)14-25(17)29(26-15-23(31)10-6-18(26)2)21-7-11-24(12-8-21)33-28-16-27(32)19(3)13-20(28)4/h5-16,30-32H,1-4H3. The van der Waals surface area contributed by atoms with Crippen molar-refractivity contribution in [2.45, 2.75) is 27.7 Å². The average molecular weight is 442 g/mol. The summed E-state index contributed by atoms with van der Waals surface area (Å²) < 4.78 is 6.02. The van der Waals surface area contributed by atoms with Crippen LogP contribution in [0.1, 0.15) is 22.3 Å². The molecular formula is C28H27NO4. The quantitative estimate of drug-likeness (QED) is 0.303. The lowest BCUT2D eigenvalue weighted by Gasteiger charge is -2.28. The van der Waals surface area contributed by atoms with Gasteiger partial charge >= 0.3 is 0 Å². The molecule has 0 amide bonds. The predicted molar refractivity (Wildman–Crippen MR) is 132 cm³/mol. The predicted octanol–water partition coefficient (Wildman–Crippen LogP) is 7.30. The summed E-state index contributed by atoms with van der Waals surface area (Å²) in [4.78, 5) is 2.00. The van der Waals surface area contributed by atoms with E-state index in [1.165, 1.54) is 0 Å². The van der Waals surface area contributed by atoms with Crippen molar-refractivity contribution in [1.29, 1.82) is 0 Å². The first kappa shape index (κ1) is 22.1. The van der Waals surface area contributed by atoms with E-state index in [-0.39, 0.29) is 17.2 Å². The third kappa shape index (κ3) is 4.58. The summed E-state index contributed by atoms with van der Waals surface area (Å²) in [6, 6.07) is 21.5. The van der Waals surface area contributed by atoms with Gasteiger partial charge in [-0.25, -0.2) is 0 Å². The van der Waals surface area contributed by atoms with Gasteiger partial charge in [-0.2, -0.15) is 0 Å². The third-order valence-electron chi connectivity index (χ3n) is 5.68. The maximum atomic E-state index is 10.2. The summed E-state index contributed by atoms with van der Waals surface area (Å²) in [5.41, 5.74) is 6.13. The fourth-order valence-electron chi connectivity index (χ4n) is 3.81. The Morgan fingerprint density at radius 1 is 0.576 bits per heavy atom. The molecule has 0 heterocycles. The van der Waals surface area contributed by atoms with Gasteiger partial charge in [0.1, 0.15) is 28.7 Å². The van der Waals surface area contributed by atoms with Crippen LogP contribution in [0.2, 0.25) is 0 Å². The van der Waals surface area contributed by atoms with Crippen molar-refractivity contribution in [2.75, 3.05) is 4.90 Å². The molecule has 3 N–H and O–H groups in total. The second kappa shape index (κ2) is 8.79. The molecular weight excluding hydrogens is 414 g/mol. The van der Waals surface area contributed by atoms with Crippen LogP contribution < -0.4 is 9.64 Å². The van der Waals surface area contributed by atoms with Gasteiger partial charge in [0, 0.05) is 23.9 Å². The molecule has 0 aromatic heterocycles. The number of rotatable bonds is 5. The molecule has 0 radical (unpaired) electrons. The molecule has 0 unspecified atom stereocenters. The SMILES string of the molecule is Cc1cc(C)c(Oc2ccc(N(c3cc(O)ccc3C)c3cc(O)ccc3C)cc2)cc1O. The first-order valence-electron chi connectivity index (χ1n) is 10.7. The van der Waals surface area contributed by atoms with Gasteiger partial charge in [0.25, 0.3) is 0 Å². The zero-order chi connectivity index (χ0) is 23.7. The largest absolute Gasteiger partial charge is 0.508 e. The zero-order valence-corrected chi connectivity index (χ0v) is 19.1. The van der Waals surface area contributed by atoms with E-state index in [1.54, 1.807) is 30.3 Å². The first-order chi connectivity index (χ1) is 15.7. The van der Waals surface area contributed by atoms with Crippen LogP contribution in [0.25, 0.3) is 0 Å². The van der Waals surface area contributed by atoms with E-state index >= 15 is 0 Å². The van der Waals surface area contributed by atoms with Crippen molar-refractivity contribution >= 4 is 17.1 Å². The van der Waals surface area contributed by atoms with Crippen molar-refractivity contribution in [3.05, 3.63) is 95.1 Å². The maximum absolute atomic E-state index is 10.2. The van der Waals surface area contributed by atoms with E-state index in [9.17, 15) is 15.3 Å². The Bertz CT molecular complexity index is 1260. The summed E-state index contributed by atoms with van der Waals surface area (Å²) in [6.07, 6.45) is 0. The van der Waals surface area contributed by atoms with Gasteiger partial charge in [-0.05, 0) is 92.4 Å². The lowest BCUT2D eigenvalue weighted by molar-refractivity contribution is 0.450. The Morgan fingerprint density at radius 2 is 1.12 bits per heavy atom. The highest BCUT2D eigenvalue weighted by molar-refractivity contribution is 5.81. The number of anilines is 3. The molecule has 0 bridgehead atoms. The second-order valence-electron chi connectivity index (χ2n) is 8.28. The topological polar surface area (TPSA) is 73.2 Å². The van der Waals surface area contributed by atoms with Crippen molar-refractivity contribution in [3.63, 3.8) is 0 Å². The van der Waals surface area contributed by atoms with Crippen LogP contribution in [0.3, 0.4) is 0 Å². The van der Waals surface area contributed by atoms with Gasteiger partial charge in [-0.15, -0.1) is 0 Å². The van der Waals surface area contributed by atoms with Gasteiger partial charge in [0.05, 0.1) is 11.4 Å². The van der Waals surface area contributed by atoms with Gasteiger partial charge < -0.3 is 25.0 Å². The highest BCUT2D eigenvalue weighted by Gasteiger charge is 2.18. The van der Waals surface area contributed by atoms with E-state index in [0.717, 1.165) is 39.3 Å². The Morgan fingerprint density at radius 3 is 1.67 bits per heavy atom. The monoisotopic (exact) mass is 441 g/mol. The normalized spacial score (nSPS) is 10.8. The smallest absolute Gasteiger partial charge is 0.134 e. The van der Waals surface area contributed by atoms with E-state index in [2.05, 4.69) is 0 Å².